The molecule has 1 N–H and O–H groups in total. The van der Waals surface area contributed by atoms with Crippen LogP contribution in [0.4, 0.5) is 18.9 Å². The Morgan fingerprint density at radius 2 is 2.07 bits per heavy atom. The van der Waals surface area contributed by atoms with E-state index in [0.29, 0.717) is 24.6 Å². The summed E-state index contributed by atoms with van der Waals surface area (Å²) >= 11 is 0. The number of fused-ring (bicyclic) bond motifs is 1. The van der Waals surface area contributed by atoms with Crippen LogP contribution in [0, 0.1) is 0 Å². The molecule has 1 aliphatic rings. The second kappa shape index (κ2) is 3.08. The highest BCUT2D eigenvalue weighted by atomic mass is 19.4. The Bertz CT molecular complexity index is 348. The van der Waals surface area contributed by atoms with Gasteiger partial charge in [0, 0.05) is 6.54 Å². The molecule has 0 unspecified atom stereocenters. The third kappa shape index (κ3) is 1.62. The number of nitrogens with one attached hydrogen (secondary N) is 1. The van der Waals surface area contributed by atoms with E-state index in [1.807, 2.05) is 0 Å². The van der Waals surface area contributed by atoms with Gasteiger partial charge in [-0.1, -0.05) is 0 Å². The largest absolute Gasteiger partial charge is 0.490 e. The van der Waals surface area contributed by atoms with Crippen molar-refractivity contribution in [3.05, 3.63) is 23.8 Å². The van der Waals surface area contributed by atoms with E-state index in [2.05, 4.69) is 5.32 Å². The van der Waals surface area contributed by atoms with Crippen LogP contribution in [0.2, 0.25) is 0 Å². The summed E-state index contributed by atoms with van der Waals surface area (Å²) < 4.78 is 42.0. The van der Waals surface area contributed by atoms with Crippen LogP contribution in [0.1, 0.15) is 5.56 Å². The minimum atomic E-state index is -4.30. The number of ether oxygens (including phenoxy) is 1. The zero-order valence-corrected chi connectivity index (χ0v) is 7.19. The maximum absolute atomic E-state index is 12.3. The number of benzene rings is 1. The molecular weight excluding hydrogens is 195 g/mol. The van der Waals surface area contributed by atoms with Gasteiger partial charge in [0.1, 0.15) is 12.4 Å². The van der Waals surface area contributed by atoms with E-state index in [1.165, 1.54) is 6.07 Å². The van der Waals surface area contributed by atoms with Gasteiger partial charge < -0.3 is 10.1 Å². The number of rotatable bonds is 0. The van der Waals surface area contributed by atoms with Gasteiger partial charge in [-0.05, 0) is 18.2 Å². The number of alkyl halides is 3. The van der Waals surface area contributed by atoms with Crippen molar-refractivity contribution in [3.63, 3.8) is 0 Å². The van der Waals surface area contributed by atoms with Crippen molar-refractivity contribution in [2.45, 2.75) is 6.18 Å². The van der Waals surface area contributed by atoms with Gasteiger partial charge in [0.2, 0.25) is 0 Å². The van der Waals surface area contributed by atoms with Crippen LogP contribution < -0.4 is 10.1 Å². The Labute approximate surface area is 78.7 Å². The Balaban J connectivity index is 2.39. The van der Waals surface area contributed by atoms with Crippen molar-refractivity contribution in [1.29, 1.82) is 0 Å². The lowest BCUT2D eigenvalue weighted by atomic mass is 10.1. The van der Waals surface area contributed by atoms with Crippen LogP contribution in [-0.2, 0) is 6.18 Å². The van der Waals surface area contributed by atoms with Crippen molar-refractivity contribution in [1.82, 2.24) is 0 Å². The smallest absolute Gasteiger partial charge is 0.416 e. The summed E-state index contributed by atoms with van der Waals surface area (Å²) in [7, 11) is 0. The van der Waals surface area contributed by atoms with Crippen molar-refractivity contribution in [2.24, 2.45) is 0 Å². The molecule has 0 amide bonds. The summed E-state index contributed by atoms with van der Waals surface area (Å²) in [6, 6.07) is 3.42. The Morgan fingerprint density at radius 1 is 1.29 bits per heavy atom. The van der Waals surface area contributed by atoms with Gasteiger partial charge >= 0.3 is 6.18 Å². The first kappa shape index (κ1) is 9.18. The van der Waals surface area contributed by atoms with Crippen molar-refractivity contribution in [3.8, 4) is 5.75 Å². The van der Waals surface area contributed by atoms with E-state index >= 15 is 0 Å². The summed E-state index contributed by atoms with van der Waals surface area (Å²) in [6.45, 7) is 1.02. The van der Waals surface area contributed by atoms with Gasteiger partial charge in [-0.15, -0.1) is 0 Å². The van der Waals surface area contributed by atoms with Gasteiger partial charge in [0.25, 0.3) is 0 Å². The van der Waals surface area contributed by atoms with E-state index in [1.54, 1.807) is 0 Å². The highest BCUT2D eigenvalue weighted by molar-refractivity contribution is 5.59. The lowest BCUT2D eigenvalue weighted by Crippen LogP contribution is -2.18. The average molecular weight is 203 g/mol. The Kier molecular flexibility index (Phi) is 2.02. The van der Waals surface area contributed by atoms with Crippen LogP contribution in [0.3, 0.4) is 0 Å². The lowest BCUT2D eigenvalue weighted by Gasteiger charge is -2.20. The highest BCUT2D eigenvalue weighted by Gasteiger charge is 2.31. The second-order valence-corrected chi connectivity index (χ2v) is 2.98. The van der Waals surface area contributed by atoms with Gasteiger partial charge in [0.05, 0.1) is 11.3 Å². The first-order valence-corrected chi connectivity index (χ1v) is 4.15. The van der Waals surface area contributed by atoms with Crippen LogP contribution in [-0.4, -0.2) is 13.2 Å². The predicted molar refractivity (Wildman–Crippen MR) is 45.4 cm³/mol. The van der Waals surface area contributed by atoms with E-state index in [0.717, 1.165) is 12.1 Å². The Hall–Kier alpha value is -1.39. The molecule has 5 heteroatoms. The van der Waals surface area contributed by atoms with Crippen LogP contribution >= 0.6 is 0 Å². The molecule has 14 heavy (non-hydrogen) atoms. The Morgan fingerprint density at radius 3 is 2.79 bits per heavy atom. The number of hydrogen-bond acceptors (Lipinski definition) is 2. The molecule has 0 aromatic heterocycles. The molecule has 1 aliphatic heterocycles. The normalized spacial score (nSPS) is 15.4. The molecule has 0 atom stereocenters. The average Bonchev–Trinajstić information content (AvgIpc) is 2.16. The topological polar surface area (TPSA) is 21.3 Å². The molecule has 1 aromatic rings. The van der Waals surface area contributed by atoms with Crippen LogP contribution in [0.5, 0.6) is 5.75 Å². The molecule has 1 heterocycles. The third-order valence-corrected chi connectivity index (χ3v) is 1.98. The number of hydrogen-bond donors (Lipinski definition) is 1. The fraction of sp³-hybridized carbons (Fsp3) is 0.333. The minimum absolute atomic E-state index is 0.408. The highest BCUT2D eigenvalue weighted by Crippen LogP contribution is 2.35. The van der Waals surface area contributed by atoms with Gasteiger partial charge in [0.15, 0.2) is 0 Å². The van der Waals surface area contributed by atoms with E-state index in [-0.39, 0.29) is 0 Å². The molecule has 0 saturated heterocycles. The van der Waals surface area contributed by atoms with Crippen molar-refractivity contribution in [2.75, 3.05) is 18.5 Å². The minimum Gasteiger partial charge on any atom is -0.490 e. The fourth-order valence-corrected chi connectivity index (χ4v) is 1.32. The molecule has 0 aliphatic carbocycles. The molecular formula is C9H8F3NO. The molecule has 0 radical (unpaired) electrons. The number of halogens is 3. The van der Waals surface area contributed by atoms with Crippen LogP contribution in [0.25, 0.3) is 0 Å². The fourth-order valence-electron chi connectivity index (χ4n) is 1.32. The predicted octanol–water partition coefficient (Wildman–Crippen LogP) is 2.51. The molecule has 1 aromatic carbocycles. The van der Waals surface area contributed by atoms with Crippen molar-refractivity contribution < 1.29 is 17.9 Å². The zero-order valence-electron chi connectivity index (χ0n) is 7.19. The molecule has 76 valence electrons. The summed E-state index contributed by atoms with van der Waals surface area (Å²) in [4.78, 5) is 0. The van der Waals surface area contributed by atoms with Crippen LogP contribution in [0.15, 0.2) is 18.2 Å². The lowest BCUT2D eigenvalue weighted by molar-refractivity contribution is -0.137. The molecule has 0 spiro atoms. The SMILES string of the molecule is FC(F)(F)c1ccc2c(c1)NCCO2. The van der Waals surface area contributed by atoms with E-state index < -0.39 is 11.7 Å². The maximum atomic E-state index is 12.3. The molecule has 0 fully saturated rings. The summed E-state index contributed by atoms with van der Waals surface area (Å²) in [5.41, 5.74) is -0.250. The van der Waals surface area contributed by atoms with Gasteiger partial charge in [-0.2, -0.15) is 13.2 Å². The molecule has 0 bridgehead atoms. The van der Waals surface area contributed by atoms with Gasteiger partial charge in [-0.25, -0.2) is 0 Å². The number of anilines is 1. The van der Waals surface area contributed by atoms with E-state index in [4.69, 9.17) is 4.74 Å². The summed E-state index contributed by atoms with van der Waals surface area (Å²) in [6.07, 6.45) is -4.30. The van der Waals surface area contributed by atoms with E-state index in [9.17, 15) is 13.2 Å². The quantitative estimate of drug-likeness (QED) is 0.699. The molecule has 0 saturated carbocycles. The third-order valence-electron chi connectivity index (χ3n) is 1.98. The van der Waals surface area contributed by atoms with Crippen molar-refractivity contribution >= 4 is 5.69 Å². The second-order valence-electron chi connectivity index (χ2n) is 2.98. The monoisotopic (exact) mass is 203 g/mol. The zero-order chi connectivity index (χ0) is 10.2. The molecule has 2 rings (SSSR count). The summed E-state index contributed by atoms with van der Waals surface area (Å²) in [5, 5.41) is 2.85. The van der Waals surface area contributed by atoms with Gasteiger partial charge in [-0.3, -0.25) is 0 Å². The summed E-state index contributed by atoms with van der Waals surface area (Å²) in [5.74, 6) is 0.476. The maximum Gasteiger partial charge on any atom is 0.416 e. The molecule has 2 nitrogen and oxygen atoms in total. The first-order chi connectivity index (χ1) is 6.57. The first-order valence-electron chi connectivity index (χ1n) is 4.15. The standard InChI is InChI=1S/C9H8F3NO/c10-9(11,12)6-1-2-8-7(5-6)13-3-4-14-8/h1-2,5,13H,3-4H2.